The molecule has 0 bridgehead atoms. The van der Waals surface area contributed by atoms with Crippen molar-refractivity contribution < 1.29 is 43.5 Å². The minimum atomic E-state index is -1.04. The third-order valence-corrected chi connectivity index (χ3v) is 7.98. The molecule has 0 rings (SSSR count). The van der Waals surface area contributed by atoms with Crippen LogP contribution in [0.5, 0.6) is 0 Å². The first-order chi connectivity index (χ1) is 25.3. The van der Waals surface area contributed by atoms with E-state index in [0.29, 0.717) is 32.2 Å². The molecular weight excluding hydrogens is 706 g/mol. The van der Waals surface area contributed by atoms with Crippen LogP contribution in [0.3, 0.4) is 0 Å². The first-order valence-corrected chi connectivity index (χ1v) is 18.3. The van der Waals surface area contributed by atoms with Crippen LogP contribution in [0, 0.1) is 5.92 Å². The highest BCUT2D eigenvalue weighted by Crippen LogP contribution is 2.15. The number of Topliss-reactive ketones (excluding diaryl/α,β-unsaturated/α-hetero) is 1. The normalized spacial score (nSPS) is 14.7. The van der Waals surface area contributed by atoms with Gasteiger partial charge in [-0.2, -0.15) is 0 Å². The fourth-order valence-corrected chi connectivity index (χ4v) is 5.36. The van der Waals surface area contributed by atoms with Crippen molar-refractivity contribution in [1.82, 2.24) is 31.9 Å². The smallest absolute Gasteiger partial charge is 0.306 e. The number of nitrogens with zero attached hydrogens (tertiary/aromatic N) is 1. The number of amides is 6. The molecule has 0 fully saturated rings. The molecule has 0 aromatic heterocycles. The van der Waals surface area contributed by atoms with Gasteiger partial charge in [-0.05, 0) is 66.8 Å². The van der Waals surface area contributed by atoms with Crippen molar-refractivity contribution in [2.45, 2.75) is 135 Å². The van der Waals surface area contributed by atoms with Gasteiger partial charge in [0.2, 0.25) is 35.4 Å². The Hall–Kier alpha value is -4.85. The predicted molar refractivity (Wildman–Crippen MR) is 201 cm³/mol. The molecule has 20 heteroatoms. The van der Waals surface area contributed by atoms with Gasteiger partial charge in [-0.3, -0.25) is 43.3 Å². The predicted octanol–water partition coefficient (Wildman–Crippen LogP) is -2.64. The van der Waals surface area contributed by atoms with Crippen LogP contribution in [0.4, 0.5) is 0 Å². The quantitative estimate of drug-likeness (QED) is 0.0220. The zero-order chi connectivity index (χ0) is 41.4. The van der Waals surface area contributed by atoms with E-state index in [1.54, 1.807) is 27.7 Å². The maximum Gasteiger partial charge on any atom is 0.306 e. The second-order valence-electron chi connectivity index (χ2n) is 13.7. The van der Waals surface area contributed by atoms with Crippen LogP contribution >= 0.6 is 0 Å². The molecule has 20 nitrogen and oxygen atoms in total. The fourth-order valence-electron chi connectivity index (χ4n) is 5.36. The van der Waals surface area contributed by atoms with Crippen molar-refractivity contribution in [2.24, 2.45) is 33.8 Å². The number of carboxylic acid groups (broad SMARTS) is 1. The molecule has 0 saturated carbocycles. The third kappa shape index (κ3) is 23.7. The van der Waals surface area contributed by atoms with Gasteiger partial charge in [0, 0.05) is 62.8 Å². The van der Waals surface area contributed by atoms with Gasteiger partial charge in [-0.25, -0.2) is 0 Å². The van der Waals surface area contributed by atoms with E-state index in [9.17, 15) is 43.5 Å². The van der Waals surface area contributed by atoms with Crippen molar-refractivity contribution in [3.63, 3.8) is 0 Å². The molecule has 54 heavy (non-hydrogen) atoms. The minimum Gasteiger partial charge on any atom is -0.481 e. The van der Waals surface area contributed by atoms with Crippen LogP contribution in [0.25, 0.3) is 0 Å². The van der Waals surface area contributed by atoms with Gasteiger partial charge in [0.15, 0.2) is 5.96 Å². The number of hydrogen-bond donors (Lipinski definition) is 11. The number of rotatable bonds is 28. The number of unbranched alkanes of at least 4 members (excludes halogenated alkanes) is 1. The summed E-state index contributed by atoms with van der Waals surface area (Å²) in [6.45, 7) is 8.27. The van der Waals surface area contributed by atoms with E-state index < -0.39 is 83.6 Å². The summed E-state index contributed by atoms with van der Waals surface area (Å²) >= 11 is 0. The van der Waals surface area contributed by atoms with E-state index in [2.05, 4.69) is 36.9 Å². The van der Waals surface area contributed by atoms with E-state index in [4.69, 9.17) is 22.9 Å². The lowest BCUT2D eigenvalue weighted by atomic mass is 9.94. The number of nitrogens with two attached hydrogens (primary N) is 4. The fraction of sp³-hybridized carbons (Fsp3) is 0.735. The van der Waals surface area contributed by atoms with Crippen molar-refractivity contribution in [1.29, 1.82) is 0 Å². The van der Waals surface area contributed by atoms with Crippen LogP contribution < -0.4 is 54.8 Å². The standard InChI is InChI=1S/C34H63N11O9/c1-19(13-25(46)17-24(33(53)54)9-6-7-11-35)40-27(47)14-20(2)41-28(48)15-21(3)42-29(49)16-22(4)43-31(51)23(5)44-32(52)26(45-30(50)18-36)10-8-12-39-34(37)38/h19-24,26H,6-18,35-36H2,1-5H3,(H,40,47)(H,41,48)(H,42,49)(H,43,51)(H,44,52)(H,45,50)(H,53,54)(H4,37,38,39)/t19-,20-,21-,22-,23-,24+,26-/m0/s1. The monoisotopic (exact) mass is 769 g/mol. The number of aliphatic imine (C=N–C) groups is 1. The van der Waals surface area contributed by atoms with Gasteiger partial charge in [-0.1, -0.05) is 6.42 Å². The van der Waals surface area contributed by atoms with Crippen molar-refractivity contribution in [3.8, 4) is 0 Å². The molecule has 0 heterocycles. The van der Waals surface area contributed by atoms with Crippen LogP contribution in [0.1, 0.15) is 98.8 Å². The van der Waals surface area contributed by atoms with Crippen LogP contribution in [0.15, 0.2) is 4.99 Å². The number of carbonyl (C=O) groups is 8. The molecular formula is C34H63N11O9. The van der Waals surface area contributed by atoms with Gasteiger partial charge < -0.3 is 59.9 Å². The summed E-state index contributed by atoms with van der Waals surface area (Å²) < 4.78 is 0. The van der Waals surface area contributed by atoms with Gasteiger partial charge >= 0.3 is 5.97 Å². The number of ketones is 1. The lowest BCUT2D eigenvalue weighted by molar-refractivity contribution is -0.144. The summed E-state index contributed by atoms with van der Waals surface area (Å²) in [6, 6.07) is -4.30. The largest absolute Gasteiger partial charge is 0.481 e. The Kier molecular flexibility index (Phi) is 24.4. The molecule has 15 N–H and O–H groups in total. The Morgan fingerprint density at radius 2 is 1.07 bits per heavy atom. The first kappa shape index (κ1) is 49.1. The SMILES string of the molecule is C[C@H](NC(=O)[C@H](CCCN=C(N)N)NC(=O)CN)C(=O)N[C@@H](C)CC(=O)N[C@@H](C)CC(=O)N[C@@H](C)CC(=O)N[C@@H](C)CC(=O)C[C@@H](CCCCN)C(=O)O. The average molecular weight is 770 g/mol. The van der Waals surface area contributed by atoms with E-state index in [0.717, 1.165) is 0 Å². The Morgan fingerprint density at radius 1 is 0.574 bits per heavy atom. The summed E-state index contributed by atoms with van der Waals surface area (Å²) in [5.74, 6) is -5.22. The molecule has 0 aromatic rings. The van der Waals surface area contributed by atoms with Crippen LogP contribution in [-0.2, 0) is 38.4 Å². The lowest BCUT2D eigenvalue weighted by Gasteiger charge is -2.22. The van der Waals surface area contributed by atoms with Crippen molar-refractivity contribution in [2.75, 3.05) is 19.6 Å². The topological polar surface area (TPSA) is 345 Å². The zero-order valence-electron chi connectivity index (χ0n) is 32.2. The van der Waals surface area contributed by atoms with Gasteiger partial charge in [0.25, 0.3) is 0 Å². The number of nitrogens with one attached hydrogen (secondary N) is 6. The maximum absolute atomic E-state index is 12.8. The van der Waals surface area contributed by atoms with Crippen molar-refractivity contribution in [3.05, 3.63) is 0 Å². The van der Waals surface area contributed by atoms with E-state index in [1.165, 1.54) is 6.92 Å². The highest BCUT2D eigenvalue weighted by atomic mass is 16.4. The maximum atomic E-state index is 12.8. The van der Waals surface area contributed by atoms with Gasteiger partial charge in [-0.15, -0.1) is 0 Å². The van der Waals surface area contributed by atoms with Crippen molar-refractivity contribution >= 4 is 53.2 Å². The highest BCUT2D eigenvalue weighted by molar-refractivity contribution is 5.92. The molecule has 0 aliphatic heterocycles. The van der Waals surface area contributed by atoms with E-state index in [-0.39, 0.29) is 63.4 Å². The first-order valence-electron chi connectivity index (χ1n) is 18.3. The number of carbonyl (C=O) groups excluding carboxylic acids is 7. The molecule has 0 unspecified atom stereocenters. The molecule has 0 aliphatic rings. The molecule has 308 valence electrons. The molecule has 0 radical (unpaired) electrons. The van der Waals surface area contributed by atoms with Crippen LogP contribution in [0.2, 0.25) is 0 Å². The molecule has 0 spiro atoms. The van der Waals surface area contributed by atoms with Gasteiger partial charge in [0.05, 0.1) is 12.5 Å². The Labute approximate surface area is 316 Å². The summed E-state index contributed by atoms with van der Waals surface area (Å²) in [6.07, 6.45) is 1.75. The molecule has 7 atom stereocenters. The Bertz CT molecular complexity index is 1290. The molecule has 0 aliphatic carbocycles. The highest BCUT2D eigenvalue weighted by Gasteiger charge is 2.26. The van der Waals surface area contributed by atoms with E-state index in [1.807, 2.05) is 0 Å². The second kappa shape index (κ2) is 26.8. The Morgan fingerprint density at radius 3 is 1.54 bits per heavy atom. The summed E-state index contributed by atoms with van der Waals surface area (Å²) in [5, 5.41) is 25.2. The van der Waals surface area contributed by atoms with E-state index >= 15 is 0 Å². The van der Waals surface area contributed by atoms with Crippen LogP contribution in [-0.4, -0.2) is 114 Å². The molecule has 0 aromatic carbocycles. The third-order valence-electron chi connectivity index (χ3n) is 7.98. The summed E-state index contributed by atoms with van der Waals surface area (Å²) in [7, 11) is 0. The average Bonchev–Trinajstić information content (AvgIpc) is 3.04. The zero-order valence-corrected chi connectivity index (χ0v) is 32.2. The van der Waals surface area contributed by atoms with Gasteiger partial charge in [0.1, 0.15) is 17.9 Å². The lowest BCUT2D eigenvalue weighted by Crippen LogP contribution is -2.54. The Balaban J connectivity index is 4.69. The number of aliphatic carboxylic acids is 1. The molecule has 6 amide bonds. The second-order valence-corrected chi connectivity index (χ2v) is 13.7. The number of guanidine groups is 1. The number of carboxylic acids is 1. The summed E-state index contributed by atoms with van der Waals surface area (Å²) in [5.41, 5.74) is 21.4. The minimum absolute atomic E-state index is 0.0250. The number of hydrogen-bond acceptors (Lipinski definition) is 11. The summed E-state index contributed by atoms with van der Waals surface area (Å²) in [4.78, 5) is 103. The molecule has 0 saturated heterocycles.